The molecule has 0 atom stereocenters. The van der Waals surface area contributed by atoms with E-state index in [-0.39, 0.29) is 18.0 Å². The first-order chi connectivity index (χ1) is 10.2. The van der Waals surface area contributed by atoms with Gasteiger partial charge < -0.3 is 14.4 Å². The zero-order valence-electron chi connectivity index (χ0n) is 13.8. The Balaban J connectivity index is 2.01. The summed E-state index contributed by atoms with van der Waals surface area (Å²) in [5, 5.41) is 4.34. The second kappa shape index (κ2) is 5.98. The third kappa shape index (κ3) is 3.58. The monoisotopic (exact) mass is 309 g/mol. The Kier molecular flexibility index (Phi) is 4.44. The number of likely N-dealkylation sites (tertiary alicyclic amines) is 1. The Labute approximate surface area is 130 Å². The summed E-state index contributed by atoms with van der Waals surface area (Å²) in [6.07, 6.45) is 1.32. The molecule has 0 unspecified atom stereocenters. The van der Waals surface area contributed by atoms with Crippen LogP contribution in [0.1, 0.15) is 49.7 Å². The van der Waals surface area contributed by atoms with Gasteiger partial charge in [-0.25, -0.2) is 9.59 Å². The van der Waals surface area contributed by atoms with Gasteiger partial charge in [-0.3, -0.25) is 4.68 Å². The topological polar surface area (TPSA) is 73.7 Å². The lowest BCUT2D eigenvalue weighted by Crippen LogP contribution is -2.50. The summed E-state index contributed by atoms with van der Waals surface area (Å²) in [6.45, 7) is 8.58. The highest BCUT2D eigenvalue weighted by Crippen LogP contribution is 2.30. The molecule has 0 bridgehead atoms. The van der Waals surface area contributed by atoms with Gasteiger partial charge >= 0.3 is 12.1 Å². The highest BCUT2D eigenvalue weighted by atomic mass is 16.6. The molecule has 1 aliphatic heterocycles. The zero-order chi connectivity index (χ0) is 16.5. The van der Waals surface area contributed by atoms with Crippen molar-refractivity contribution in [3.63, 3.8) is 0 Å². The van der Waals surface area contributed by atoms with Crippen LogP contribution in [-0.4, -0.2) is 52.0 Å². The van der Waals surface area contributed by atoms with Crippen LogP contribution in [0.2, 0.25) is 0 Å². The van der Waals surface area contributed by atoms with E-state index in [2.05, 4.69) is 5.10 Å². The minimum absolute atomic E-state index is 0.0353. The quantitative estimate of drug-likeness (QED) is 0.798. The predicted octanol–water partition coefficient (Wildman–Crippen LogP) is 1.93. The summed E-state index contributed by atoms with van der Waals surface area (Å²) in [7, 11) is 1.76. The van der Waals surface area contributed by atoms with Gasteiger partial charge in [-0.1, -0.05) is 0 Å². The zero-order valence-corrected chi connectivity index (χ0v) is 13.8. The number of amides is 1. The Morgan fingerprint density at radius 3 is 2.55 bits per heavy atom. The van der Waals surface area contributed by atoms with Crippen LogP contribution >= 0.6 is 0 Å². The summed E-state index contributed by atoms with van der Waals surface area (Å²) < 4.78 is 12.0. The number of rotatable bonds is 3. The molecule has 122 valence electrons. The lowest BCUT2D eigenvalue weighted by molar-refractivity contribution is 0.00776. The Morgan fingerprint density at radius 2 is 2.00 bits per heavy atom. The molecule has 1 saturated heterocycles. The van der Waals surface area contributed by atoms with Crippen molar-refractivity contribution in [1.82, 2.24) is 14.7 Å². The number of carbonyl (C=O) groups is 2. The van der Waals surface area contributed by atoms with E-state index < -0.39 is 5.60 Å². The second-order valence-electron chi connectivity index (χ2n) is 6.40. The van der Waals surface area contributed by atoms with Crippen molar-refractivity contribution >= 4 is 12.1 Å². The van der Waals surface area contributed by atoms with Gasteiger partial charge in [-0.2, -0.15) is 5.10 Å². The first-order valence-electron chi connectivity index (χ1n) is 7.40. The molecule has 0 aliphatic carbocycles. The summed E-state index contributed by atoms with van der Waals surface area (Å²) in [5.41, 5.74) is 0.641. The summed E-state index contributed by atoms with van der Waals surface area (Å²) >= 11 is 0. The van der Waals surface area contributed by atoms with Crippen LogP contribution in [0.3, 0.4) is 0 Å². The predicted molar refractivity (Wildman–Crippen MR) is 79.7 cm³/mol. The first kappa shape index (κ1) is 16.3. The molecule has 0 saturated carbocycles. The maximum atomic E-state index is 11.9. The molecule has 0 radical (unpaired) electrons. The molecule has 2 heterocycles. The number of aryl methyl sites for hydroxylation is 1. The van der Waals surface area contributed by atoms with E-state index in [9.17, 15) is 9.59 Å². The van der Waals surface area contributed by atoms with E-state index >= 15 is 0 Å². The van der Waals surface area contributed by atoms with Gasteiger partial charge in [0, 0.05) is 32.3 Å². The average molecular weight is 309 g/mol. The molecule has 0 spiro atoms. The molecule has 1 amide bonds. The molecule has 1 aromatic heterocycles. The van der Waals surface area contributed by atoms with Crippen molar-refractivity contribution < 1.29 is 19.1 Å². The van der Waals surface area contributed by atoms with E-state index in [0.29, 0.717) is 31.0 Å². The number of aromatic nitrogens is 2. The Morgan fingerprint density at radius 1 is 1.36 bits per heavy atom. The summed E-state index contributed by atoms with van der Waals surface area (Å²) in [5.74, 6) is -0.338. The van der Waals surface area contributed by atoms with E-state index in [4.69, 9.17) is 9.47 Å². The fourth-order valence-corrected chi connectivity index (χ4v) is 2.30. The van der Waals surface area contributed by atoms with Crippen molar-refractivity contribution in [1.29, 1.82) is 0 Å². The molecule has 0 aromatic carbocycles. The maximum absolute atomic E-state index is 11.9. The van der Waals surface area contributed by atoms with Crippen molar-refractivity contribution in [2.24, 2.45) is 7.05 Å². The first-order valence-corrected chi connectivity index (χ1v) is 7.40. The van der Waals surface area contributed by atoms with Crippen LogP contribution in [0.5, 0.6) is 0 Å². The summed E-state index contributed by atoms with van der Waals surface area (Å²) in [6, 6.07) is 0. The fraction of sp³-hybridized carbons (Fsp3) is 0.667. The molecule has 7 heteroatoms. The molecule has 2 rings (SSSR count). The number of nitrogens with zero attached hydrogens (tertiary/aromatic N) is 3. The Bertz CT molecular complexity index is 568. The maximum Gasteiger partial charge on any atom is 0.410 e. The molecule has 22 heavy (non-hydrogen) atoms. The third-order valence-corrected chi connectivity index (χ3v) is 3.27. The molecule has 7 nitrogen and oxygen atoms in total. The normalized spacial score (nSPS) is 15.4. The minimum Gasteiger partial charge on any atom is -0.462 e. The lowest BCUT2D eigenvalue weighted by Gasteiger charge is -2.39. The van der Waals surface area contributed by atoms with E-state index in [1.165, 1.54) is 0 Å². The average Bonchev–Trinajstić information content (AvgIpc) is 2.67. The molecule has 1 fully saturated rings. The van der Waals surface area contributed by atoms with Crippen molar-refractivity contribution in [3.8, 4) is 0 Å². The number of esters is 1. The van der Waals surface area contributed by atoms with Crippen molar-refractivity contribution in [3.05, 3.63) is 17.5 Å². The summed E-state index contributed by atoms with van der Waals surface area (Å²) in [4.78, 5) is 25.5. The van der Waals surface area contributed by atoms with Crippen LogP contribution in [0.25, 0.3) is 0 Å². The molecule has 0 N–H and O–H groups in total. The number of ether oxygens (including phenoxy) is 2. The molecule has 1 aliphatic rings. The fourth-order valence-electron chi connectivity index (χ4n) is 2.30. The van der Waals surface area contributed by atoms with Gasteiger partial charge in [-0.05, 0) is 27.7 Å². The standard InChI is InChI=1S/C15H23N3O4/c1-6-21-13(19)11-9-17(5)16-12(11)10-7-18(8-10)14(20)22-15(2,3)4/h9-10H,6-8H2,1-5H3. The van der Waals surface area contributed by atoms with E-state index in [0.717, 1.165) is 0 Å². The number of carbonyl (C=O) groups excluding carboxylic acids is 2. The highest BCUT2D eigenvalue weighted by molar-refractivity contribution is 5.90. The largest absolute Gasteiger partial charge is 0.462 e. The second-order valence-corrected chi connectivity index (χ2v) is 6.40. The van der Waals surface area contributed by atoms with Crippen molar-refractivity contribution in [2.75, 3.05) is 19.7 Å². The van der Waals surface area contributed by atoms with Gasteiger partial charge in [0.05, 0.1) is 12.3 Å². The lowest BCUT2D eigenvalue weighted by atomic mass is 9.94. The minimum atomic E-state index is -0.511. The van der Waals surface area contributed by atoms with Crippen molar-refractivity contribution in [2.45, 2.75) is 39.2 Å². The van der Waals surface area contributed by atoms with E-state index in [1.807, 2.05) is 20.8 Å². The van der Waals surface area contributed by atoms with Gasteiger partial charge in [0.2, 0.25) is 0 Å². The van der Waals surface area contributed by atoms with Crippen LogP contribution in [0.15, 0.2) is 6.20 Å². The van der Waals surface area contributed by atoms with Crippen LogP contribution < -0.4 is 0 Å². The smallest absolute Gasteiger partial charge is 0.410 e. The van der Waals surface area contributed by atoms with Gasteiger partial charge in [0.25, 0.3) is 0 Å². The van der Waals surface area contributed by atoms with Crippen LogP contribution in [0.4, 0.5) is 4.79 Å². The molecule has 1 aromatic rings. The number of hydrogen-bond acceptors (Lipinski definition) is 5. The molecular formula is C15H23N3O4. The van der Waals surface area contributed by atoms with Gasteiger partial charge in [0.1, 0.15) is 11.2 Å². The third-order valence-electron chi connectivity index (χ3n) is 3.27. The molecular weight excluding hydrogens is 286 g/mol. The van der Waals surface area contributed by atoms with Crippen LogP contribution in [0, 0.1) is 0 Å². The SMILES string of the molecule is CCOC(=O)c1cn(C)nc1C1CN(C(=O)OC(C)(C)C)C1. The van der Waals surface area contributed by atoms with Crippen LogP contribution in [-0.2, 0) is 16.5 Å². The Hall–Kier alpha value is -2.05. The van der Waals surface area contributed by atoms with E-state index in [1.54, 1.807) is 29.7 Å². The number of hydrogen-bond donors (Lipinski definition) is 0. The van der Waals surface area contributed by atoms with Gasteiger partial charge in [-0.15, -0.1) is 0 Å². The van der Waals surface area contributed by atoms with Gasteiger partial charge in [0.15, 0.2) is 0 Å². The highest BCUT2D eigenvalue weighted by Gasteiger charge is 2.38.